The molecule has 1 fully saturated rings. The summed E-state index contributed by atoms with van der Waals surface area (Å²) >= 11 is 17.6. The molecule has 1 aliphatic heterocycles. The number of hydrogen-bond donors (Lipinski definition) is 0. The normalized spacial score (nSPS) is 22.4. The van der Waals surface area contributed by atoms with Crippen LogP contribution in [0.4, 0.5) is 0 Å². The monoisotopic (exact) mass is 539 g/mol. The number of allylic oxidation sites excluding steroid dienone is 1. The summed E-state index contributed by atoms with van der Waals surface area (Å²) in [5.74, 6) is -1.79. The third kappa shape index (κ3) is 6.81. The molecule has 1 aliphatic rings. The van der Waals surface area contributed by atoms with Gasteiger partial charge in [-0.3, -0.25) is 0 Å². The fraction of sp³-hybridized carbons (Fsp3) is 0.304. The molecule has 0 N–H and O–H groups in total. The van der Waals surface area contributed by atoms with E-state index in [4.69, 9.17) is 59.3 Å². The Labute approximate surface area is 216 Å². The Kier molecular flexibility index (Phi) is 8.88. The first kappa shape index (κ1) is 26.7. The first-order chi connectivity index (χ1) is 16.6. The number of benzene rings is 2. The summed E-state index contributed by atoms with van der Waals surface area (Å²) in [5.41, 5.74) is 9.40. The van der Waals surface area contributed by atoms with Crippen LogP contribution >= 0.6 is 34.8 Å². The number of azide groups is 1. The summed E-state index contributed by atoms with van der Waals surface area (Å²) in [4.78, 5) is 28.5. The van der Waals surface area contributed by atoms with Crippen molar-refractivity contribution in [2.24, 2.45) is 5.11 Å². The van der Waals surface area contributed by atoms with Crippen LogP contribution in [-0.4, -0.2) is 46.4 Å². The van der Waals surface area contributed by atoms with Gasteiger partial charge in [0.1, 0.15) is 11.9 Å². The van der Waals surface area contributed by atoms with E-state index < -0.39 is 46.4 Å². The largest absolute Gasteiger partial charge is 0.461 e. The van der Waals surface area contributed by atoms with Gasteiger partial charge >= 0.3 is 11.9 Å². The molecule has 0 aliphatic carbocycles. The van der Waals surface area contributed by atoms with Crippen LogP contribution in [0, 0.1) is 0 Å². The molecule has 9 nitrogen and oxygen atoms in total. The van der Waals surface area contributed by atoms with Gasteiger partial charge in [0.05, 0.1) is 17.2 Å². The van der Waals surface area contributed by atoms with Crippen LogP contribution < -0.4 is 0 Å². The summed E-state index contributed by atoms with van der Waals surface area (Å²) in [6, 6.07) is 15.4. The van der Waals surface area contributed by atoms with E-state index in [9.17, 15) is 9.59 Å². The minimum Gasteiger partial charge on any atom is -0.461 e. The third-order valence-corrected chi connectivity index (χ3v) is 5.63. The van der Waals surface area contributed by atoms with Crippen LogP contribution in [0.3, 0.4) is 0 Å². The number of carbonyl (C=O) groups excluding carboxylic acids is 2. The van der Waals surface area contributed by atoms with E-state index in [1.54, 1.807) is 60.7 Å². The lowest BCUT2D eigenvalue weighted by Gasteiger charge is -2.26. The third-order valence-electron chi connectivity index (χ3n) is 5.00. The van der Waals surface area contributed by atoms with Crippen LogP contribution in [0.1, 0.15) is 27.6 Å². The molecule has 3 rings (SSSR count). The highest BCUT2D eigenvalue weighted by Gasteiger charge is 2.53. The standard InChI is InChI=1S/C23H20Cl3N3O6/c1-13(28-29-27)17-18(33-20(30)15-9-5-3-6-10-15)19(22(35-17)32-14(2)23(24,25)26)34-21(31)16-11-7-4-8-12-16/h3-13,17-19,22H,2H2,1H3/t13-,17-,18?,19+,22-/m1/s1. The van der Waals surface area contributed by atoms with Crippen LogP contribution in [0.25, 0.3) is 10.4 Å². The first-order valence-electron chi connectivity index (χ1n) is 10.3. The summed E-state index contributed by atoms with van der Waals surface area (Å²) in [6.07, 6.45) is -5.05. The van der Waals surface area contributed by atoms with Gasteiger partial charge in [0, 0.05) is 4.91 Å². The highest BCUT2D eigenvalue weighted by atomic mass is 35.6. The Balaban J connectivity index is 1.97. The molecule has 1 unspecified atom stereocenters. The maximum atomic E-state index is 12.9. The maximum absolute atomic E-state index is 12.9. The maximum Gasteiger partial charge on any atom is 0.338 e. The van der Waals surface area contributed by atoms with E-state index in [0.29, 0.717) is 0 Å². The van der Waals surface area contributed by atoms with E-state index in [0.717, 1.165) is 0 Å². The molecule has 2 aromatic carbocycles. The van der Waals surface area contributed by atoms with Crippen molar-refractivity contribution < 1.29 is 28.5 Å². The Bertz CT molecular complexity index is 1110. The highest BCUT2D eigenvalue weighted by molar-refractivity contribution is 6.69. The average molecular weight is 541 g/mol. The molecule has 184 valence electrons. The van der Waals surface area contributed by atoms with Gasteiger partial charge in [-0.05, 0) is 29.8 Å². The van der Waals surface area contributed by atoms with Gasteiger partial charge in [0.15, 0.2) is 6.10 Å². The predicted octanol–water partition coefficient (Wildman–Crippen LogP) is 5.76. The van der Waals surface area contributed by atoms with E-state index >= 15 is 0 Å². The molecule has 0 spiro atoms. The summed E-state index contributed by atoms with van der Waals surface area (Å²) < 4.78 is 20.8. The summed E-state index contributed by atoms with van der Waals surface area (Å²) in [5, 5.41) is 3.64. The van der Waals surface area contributed by atoms with E-state index in [-0.39, 0.29) is 16.9 Å². The summed E-state index contributed by atoms with van der Waals surface area (Å²) in [7, 11) is 0. The van der Waals surface area contributed by atoms with Crippen molar-refractivity contribution in [3.63, 3.8) is 0 Å². The number of alkyl halides is 3. The topological polar surface area (TPSA) is 120 Å². The van der Waals surface area contributed by atoms with Crippen molar-refractivity contribution in [2.75, 3.05) is 0 Å². The molecule has 2 aromatic rings. The fourth-order valence-corrected chi connectivity index (χ4v) is 3.41. The van der Waals surface area contributed by atoms with Gasteiger partial charge < -0.3 is 18.9 Å². The van der Waals surface area contributed by atoms with Crippen molar-refractivity contribution in [3.05, 3.63) is 94.6 Å². The van der Waals surface area contributed by atoms with E-state index in [2.05, 4.69) is 16.6 Å². The number of halogens is 3. The van der Waals surface area contributed by atoms with Gasteiger partial charge in [0.25, 0.3) is 0 Å². The summed E-state index contributed by atoms with van der Waals surface area (Å²) in [6.45, 7) is 5.11. The second-order valence-corrected chi connectivity index (χ2v) is 9.71. The predicted molar refractivity (Wildman–Crippen MR) is 129 cm³/mol. The lowest BCUT2D eigenvalue weighted by Crippen LogP contribution is -2.43. The molecule has 1 saturated heterocycles. The smallest absolute Gasteiger partial charge is 0.338 e. The Morgan fingerprint density at radius 1 is 0.971 bits per heavy atom. The zero-order chi connectivity index (χ0) is 25.6. The minimum absolute atomic E-state index is 0.228. The van der Waals surface area contributed by atoms with Gasteiger partial charge in [0.2, 0.25) is 16.2 Å². The zero-order valence-electron chi connectivity index (χ0n) is 18.3. The second-order valence-electron chi connectivity index (χ2n) is 7.43. The molecule has 1 heterocycles. The van der Waals surface area contributed by atoms with Crippen LogP contribution in [-0.2, 0) is 18.9 Å². The average Bonchev–Trinajstić information content (AvgIpc) is 3.16. The number of rotatable bonds is 8. The van der Waals surface area contributed by atoms with Crippen molar-refractivity contribution in [1.29, 1.82) is 0 Å². The number of ether oxygens (including phenoxy) is 4. The van der Waals surface area contributed by atoms with Gasteiger partial charge in [-0.25, -0.2) is 9.59 Å². The van der Waals surface area contributed by atoms with Gasteiger partial charge in [-0.1, -0.05) is 89.8 Å². The van der Waals surface area contributed by atoms with Crippen LogP contribution in [0.15, 0.2) is 78.1 Å². The molecule has 12 heteroatoms. The van der Waals surface area contributed by atoms with Crippen molar-refractivity contribution >= 4 is 46.7 Å². The van der Waals surface area contributed by atoms with E-state index in [1.165, 1.54) is 6.92 Å². The molecule has 5 atom stereocenters. The number of hydrogen-bond acceptors (Lipinski definition) is 7. The molecule has 0 radical (unpaired) electrons. The molecule has 0 aromatic heterocycles. The Morgan fingerprint density at radius 3 is 1.91 bits per heavy atom. The molecule has 35 heavy (non-hydrogen) atoms. The second kappa shape index (κ2) is 11.7. The van der Waals surface area contributed by atoms with Crippen molar-refractivity contribution in [3.8, 4) is 0 Å². The van der Waals surface area contributed by atoms with Gasteiger partial charge in [-0.2, -0.15) is 0 Å². The van der Waals surface area contributed by atoms with Gasteiger partial charge in [-0.15, -0.1) is 0 Å². The van der Waals surface area contributed by atoms with Crippen LogP contribution in [0.2, 0.25) is 0 Å². The Hall–Kier alpha value is -2.94. The zero-order valence-corrected chi connectivity index (χ0v) is 20.6. The molecule has 0 bridgehead atoms. The number of nitrogens with zero attached hydrogens (tertiary/aromatic N) is 3. The first-order valence-corrected chi connectivity index (χ1v) is 11.4. The number of carbonyl (C=O) groups is 2. The number of esters is 2. The highest BCUT2D eigenvalue weighted by Crippen LogP contribution is 2.39. The molecular weight excluding hydrogens is 521 g/mol. The quantitative estimate of drug-likeness (QED) is 0.105. The molecule has 0 amide bonds. The molecular formula is C23H20Cl3N3O6. The van der Waals surface area contributed by atoms with E-state index in [1.807, 2.05) is 0 Å². The lowest BCUT2D eigenvalue weighted by atomic mass is 10.0. The van der Waals surface area contributed by atoms with Crippen molar-refractivity contribution in [2.45, 2.75) is 41.4 Å². The SMILES string of the molecule is C=C(O[C@@H]1O[C@H]([C@@H](C)N=[N+]=[N-])C(OC(=O)c2ccccc2)[C@@H]1OC(=O)c1ccccc1)C(Cl)(Cl)Cl. The fourth-order valence-electron chi connectivity index (χ4n) is 3.28. The van der Waals surface area contributed by atoms with Crippen molar-refractivity contribution in [1.82, 2.24) is 0 Å². The Morgan fingerprint density at radius 2 is 1.46 bits per heavy atom. The minimum atomic E-state index is -2.03. The molecule has 0 saturated carbocycles. The van der Waals surface area contributed by atoms with Crippen LogP contribution in [0.5, 0.6) is 0 Å². The lowest BCUT2D eigenvalue weighted by molar-refractivity contribution is -0.146.